The number of carboxylic acids is 3. The molecule has 0 fully saturated rings. The summed E-state index contributed by atoms with van der Waals surface area (Å²) < 4.78 is 1.54. The number of hydrogen-bond donors (Lipinski definition) is 7. The molecular weight excluding hydrogens is 838 g/mol. The van der Waals surface area contributed by atoms with Gasteiger partial charge >= 0.3 is 17.9 Å². The molecule has 0 aliphatic heterocycles. The number of halogens is 3. The second-order valence-corrected chi connectivity index (χ2v) is 11.7. The van der Waals surface area contributed by atoms with E-state index in [1.165, 1.54) is 37.3 Å². The van der Waals surface area contributed by atoms with E-state index in [9.17, 15) is 29.3 Å². The summed E-state index contributed by atoms with van der Waals surface area (Å²) in [5, 5.41) is 36.4. The number of para-hydroxylation sites is 2. The van der Waals surface area contributed by atoms with Crippen molar-refractivity contribution in [1.82, 2.24) is 0 Å². The molecule has 4 rings (SSSR count). The molecule has 0 heterocycles. The molecule has 0 aliphatic carbocycles. The molecule has 1 amide bonds. The van der Waals surface area contributed by atoms with Gasteiger partial charge in [-0.15, -0.1) is 17.0 Å². The van der Waals surface area contributed by atoms with Gasteiger partial charge in [0, 0.05) is 31.6 Å². The molecule has 14 nitrogen and oxygen atoms in total. The SMILES string of the molecule is Br.Cc1cc(Br)cc(C(=O)O)c1N.Cc1cc(Br)cc(C(N)=O)c1N.Cc1cccc(C(=O)O)c1N.Cc1cccc(C(=O)O)c1[N+](=O)[O-]. The van der Waals surface area contributed by atoms with Crippen molar-refractivity contribution in [3.8, 4) is 0 Å². The minimum absolute atomic E-state index is 0. The number of carboxylic acid groups (broad SMARTS) is 3. The van der Waals surface area contributed by atoms with E-state index in [1.807, 2.05) is 13.0 Å². The number of nitro groups is 1. The van der Waals surface area contributed by atoms with E-state index >= 15 is 0 Å². The van der Waals surface area contributed by atoms with Gasteiger partial charge in [0.2, 0.25) is 0 Å². The molecule has 0 aliphatic rings. The highest BCUT2D eigenvalue weighted by atomic mass is 79.9. The van der Waals surface area contributed by atoms with Crippen molar-refractivity contribution >= 4 is 95.4 Å². The Balaban J connectivity index is 0.000000624. The van der Waals surface area contributed by atoms with E-state index in [1.54, 1.807) is 38.1 Å². The summed E-state index contributed by atoms with van der Waals surface area (Å²) in [5.41, 5.74) is 25.7. The van der Waals surface area contributed by atoms with Crippen molar-refractivity contribution in [2.24, 2.45) is 5.73 Å². The Kier molecular flexibility index (Phi) is 17.7. The van der Waals surface area contributed by atoms with E-state index in [4.69, 9.17) is 38.3 Å². The highest BCUT2D eigenvalue weighted by Crippen LogP contribution is 2.24. The Hall–Kier alpha value is -5.00. The Morgan fingerprint density at radius 1 is 0.612 bits per heavy atom. The third kappa shape index (κ3) is 12.9. The molecule has 262 valence electrons. The maximum Gasteiger partial charge on any atom is 0.342 e. The second kappa shape index (κ2) is 19.7. The molecule has 4 aromatic carbocycles. The first-order valence-corrected chi connectivity index (χ1v) is 15.0. The molecule has 0 spiro atoms. The highest BCUT2D eigenvalue weighted by molar-refractivity contribution is 9.10. The molecule has 4 aromatic rings. The summed E-state index contributed by atoms with van der Waals surface area (Å²) in [5.74, 6) is -3.77. The van der Waals surface area contributed by atoms with Crippen LogP contribution in [0.2, 0.25) is 0 Å². The van der Waals surface area contributed by atoms with Crippen LogP contribution in [-0.4, -0.2) is 44.1 Å². The van der Waals surface area contributed by atoms with Crippen molar-refractivity contribution in [3.05, 3.63) is 124 Å². The molecule has 17 heteroatoms. The average molecular weight is 872 g/mol. The lowest BCUT2D eigenvalue weighted by molar-refractivity contribution is -0.385. The van der Waals surface area contributed by atoms with Gasteiger partial charge in [0.25, 0.3) is 11.6 Å². The van der Waals surface area contributed by atoms with E-state index < -0.39 is 28.7 Å². The minimum atomic E-state index is -1.28. The zero-order valence-corrected chi connectivity index (χ0v) is 31.4. The Morgan fingerprint density at radius 2 is 0.980 bits per heavy atom. The average Bonchev–Trinajstić information content (AvgIpc) is 2.98. The number of carbonyl (C=O) groups is 4. The van der Waals surface area contributed by atoms with Gasteiger partial charge in [-0.25, -0.2) is 14.4 Å². The van der Waals surface area contributed by atoms with Gasteiger partial charge in [-0.2, -0.15) is 0 Å². The maximum atomic E-state index is 10.8. The summed E-state index contributed by atoms with van der Waals surface area (Å²) in [6, 6.07) is 15.9. The lowest BCUT2D eigenvalue weighted by atomic mass is 10.1. The first-order valence-electron chi connectivity index (χ1n) is 13.4. The van der Waals surface area contributed by atoms with Gasteiger partial charge in [-0.3, -0.25) is 14.9 Å². The van der Waals surface area contributed by atoms with Gasteiger partial charge in [0.15, 0.2) is 0 Å². The van der Waals surface area contributed by atoms with Crippen LogP contribution in [0.15, 0.2) is 69.6 Å². The predicted octanol–water partition coefficient (Wildman–Crippen LogP) is 6.93. The second-order valence-electron chi connectivity index (χ2n) is 9.91. The third-order valence-corrected chi connectivity index (χ3v) is 7.32. The monoisotopic (exact) mass is 869 g/mol. The first-order chi connectivity index (χ1) is 22.2. The van der Waals surface area contributed by atoms with E-state index in [0.717, 1.165) is 25.6 Å². The maximum absolute atomic E-state index is 10.8. The molecular formula is C32H34Br3N5O9. The van der Waals surface area contributed by atoms with Crippen LogP contribution in [0.3, 0.4) is 0 Å². The topological polar surface area (TPSA) is 276 Å². The van der Waals surface area contributed by atoms with Crippen LogP contribution in [0.1, 0.15) is 63.7 Å². The molecule has 0 radical (unpaired) electrons. The number of aromatic carboxylic acids is 3. The minimum Gasteiger partial charge on any atom is -0.478 e. The van der Waals surface area contributed by atoms with Gasteiger partial charge in [0.05, 0.1) is 21.6 Å². The number of nitrogen functional groups attached to an aromatic ring is 3. The van der Waals surface area contributed by atoms with Crippen LogP contribution in [0, 0.1) is 37.8 Å². The normalized spacial score (nSPS) is 9.51. The molecule has 0 saturated heterocycles. The lowest BCUT2D eigenvalue weighted by Gasteiger charge is -2.05. The third-order valence-electron chi connectivity index (χ3n) is 6.40. The fourth-order valence-corrected chi connectivity index (χ4v) is 4.98. The first kappa shape index (κ1) is 44.0. The number of nitrogens with zero attached hydrogens (tertiary/aromatic N) is 1. The number of nitrogens with two attached hydrogens (primary N) is 4. The summed E-state index contributed by atoms with van der Waals surface area (Å²) in [4.78, 5) is 52.3. The van der Waals surface area contributed by atoms with E-state index in [-0.39, 0.29) is 39.4 Å². The molecule has 0 unspecified atom stereocenters. The predicted molar refractivity (Wildman–Crippen MR) is 200 cm³/mol. The van der Waals surface area contributed by atoms with Gasteiger partial charge in [-0.1, -0.05) is 56.1 Å². The van der Waals surface area contributed by atoms with Crippen LogP contribution in [0.25, 0.3) is 0 Å². The van der Waals surface area contributed by atoms with Crippen LogP contribution in [-0.2, 0) is 0 Å². The lowest BCUT2D eigenvalue weighted by Crippen LogP contribution is -2.14. The summed E-state index contributed by atoms with van der Waals surface area (Å²) in [7, 11) is 0. The number of rotatable bonds is 5. The Labute approximate surface area is 308 Å². The zero-order chi connectivity index (χ0) is 37.0. The summed E-state index contributed by atoms with van der Waals surface area (Å²) in [6.07, 6.45) is 0. The van der Waals surface area contributed by atoms with Crippen LogP contribution >= 0.6 is 48.8 Å². The summed E-state index contributed by atoms with van der Waals surface area (Å²) in [6.45, 7) is 6.88. The molecule has 49 heavy (non-hydrogen) atoms. The number of primary amides is 1. The zero-order valence-electron chi connectivity index (χ0n) is 26.5. The number of anilines is 3. The van der Waals surface area contributed by atoms with Crippen LogP contribution in [0.4, 0.5) is 22.7 Å². The number of hydrogen-bond acceptors (Lipinski definition) is 9. The largest absolute Gasteiger partial charge is 0.478 e. The number of benzene rings is 4. The van der Waals surface area contributed by atoms with E-state index in [2.05, 4.69) is 31.9 Å². The van der Waals surface area contributed by atoms with Crippen LogP contribution in [0.5, 0.6) is 0 Å². The Bertz CT molecular complexity index is 1820. The Morgan fingerprint density at radius 3 is 1.35 bits per heavy atom. The smallest absolute Gasteiger partial charge is 0.342 e. The number of aryl methyl sites for hydroxylation is 4. The number of carbonyl (C=O) groups excluding carboxylic acids is 1. The molecule has 0 saturated carbocycles. The molecule has 11 N–H and O–H groups in total. The van der Waals surface area contributed by atoms with Crippen molar-refractivity contribution in [2.45, 2.75) is 27.7 Å². The van der Waals surface area contributed by atoms with Crippen molar-refractivity contribution < 1.29 is 39.4 Å². The fourth-order valence-electron chi connectivity index (χ4n) is 3.83. The number of nitro benzene ring substituents is 1. The van der Waals surface area contributed by atoms with Gasteiger partial charge in [-0.05, 0) is 80.8 Å². The van der Waals surface area contributed by atoms with Crippen molar-refractivity contribution in [1.29, 1.82) is 0 Å². The fraction of sp³-hybridized carbons (Fsp3) is 0.125. The van der Waals surface area contributed by atoms with E-state index in [0.29, 0.717) is 28.2 Å². The van der Waals surface area contributed by atoms with Crippen molar-refractivity contribution in [3.63, 3.8) is 0 Å². The van der Waals surface area contributed by atoms with Gasteiger partial charge < -0.3 is 38.3 Å². The van der Waals surface area contributed by atoms with Crippen molar-refractivity contribution in [2.75, 3.05) is 17.2 Å². The molecule has 0 atom stereocenters. The standard InChI is InChI=1S/C8H9BrN2O.C8H8BrNO2.C8H7NO4.C8H9NO2.BrH/c2*1-4-2-5(9)3-6(7(4)10)8(11)12;1-5-3-2-4-6(8(10)11)7(5)9(12)13;1-5-3-2-4-6(7(5)9)8(10)11;/h2-3H,10H2,1H3,(H2,11,12);2-3H,10H2,1H3,(H,11,12);2-4H,1H3,(H,10,11);2-4H,9H2,1H3,(H,10,11);1H. The molecule has 0 bridgehead atoms. The molecule has 0 aromatic heterocycles. The number of amides is 1. The quantitative estimate of drug-likeness (QED) is 0.0611. The van der Waals surface area contributed by atoms with Crippen LogP contribution < -0.4 is 22.9 Å². The van der Waals surface area contributed by atoms with Gasteiger partial charge in [0.1, 0.15) is 5.56 Å². The summed E-state index contributed by atoms with van der Waals surface area (Å²) >= 11 is 6.45. The highest BCUT2D eigenvalue weighted by Gasteiger charge is 2.21.